The summed E-state index contributed by atoms with van der Waals surface area (Å²) in [5, 5.41) is 0. The molecule has 2 atom stereocenters. The van der Waals surface area contributed by atoms with Crippen LogP contribution in [0.15, 0.2) is 36.7 Å². The van der Waals surface area contributed by atoms with Gasteiger partial charge < -0.3 is 5.73 Å². The molecule has 1 heterocycles. The highest BCUT2D eigenvalue weighted by molar-refractivity contribution is 5.81. The number of carbonyl (C=O) groups excluding carboxylic acids is 1. The van der Waals surface area contributed by atoms with Gasteiger partial charge in [-0.3, -0.25) is 14.7 Å². The number of pyridine rings is 1. The highest BCUT2D eigenvalue weighted by Gasteiger charge is 2.34. The molecule has 0 radical (unpaired) electrons. The second-order valence-corrected chi connectivity index (χ2v) is 6.31. The zero-order valence-corrected chi connectivity index (χ0v) is 14.0. The number of nitrogens with zero attached hydrogens (tertiary/aromatic N) is 2. The molecule has 2 N–H and O–H groups in total. The summed E-state index contributed by atoms with van der Waals surface area (Å²) in [5.74, 6) is -0.566. The minimum Gasteiger partial charge on any atom is -0.368 e. The number of amides is 1. The molecule has 2 aromatic rings. The van der Waals surface area contributed by atoms with E-state index < -0.39 is 11.9 Å². The molecule has 3 rings (SSSR count). The van der Waals surface area contributed by atoms with Crippen molar-refractivity contribution in [1.82, 2.24) is 9.88 Å². The molecule has 0 bridgehead atoms. The number of hydrogen-bond donors (Lipinski definition) is 1. The van der Waals surface area contributed by atoms with Crippen molar-refractivity contribution in [2.45, 2.75) is 38.3 Å². The van der Waals surface area contributed by atoms with Gasteiger partial charge in [0.05, 0.1) is 0 Å². The van der Waals surface area contributed by atoms with E-state index in [0.29, 0.717) is 6.42 Å². The van der Waals surface area contributed by atoms with Crippen LogP contribution in [-0.4, -0.2) is 22.8 Å². The van der Waals surface area contributed by atoms with Gasteiger partial charge in [-0.15, -0.1) is 0 Å². The molecule has 126 valence electrons. The van der Waals surface area contributed by atoms with Crippen LogP contribution in [-0.2, 0) is 17.6 Å². The van der Waals surface area contributed by atoms with Gasteiger partial charge in [-0.25, -0.2) is 4.39 Å². The van der Waals surface area contributed by atoms with Gasteiger partial charge in [0.25, 0.3) is 0 Å². The summed E-state index contributed by atoms with van der Waals surface area (Å²) in [6.07, 6.45) is 5.56. The molecule has 0 aliphatic heterocycles. The van der Waals surface area contributed by atoms with Crippen molar-refractivity contribution in [1.29, 1.82) is 0 Å². The van der Waals surface area contributed by atoms with Crippen LogP contribution in [0.5, 0.6) is 0 Å². The van der Waals surface area contributed by atoms with Crippen LogP contribution in [0.4, 0.5) is 4.39 Å². The van der Waals surface area contributed by atoms with E-state index in [1.807, 2.05) is 24.9 Å². The summed E-state index contributed by atoms with van der Waals surface area (Å²) in [4.78, 5) is 18.1. The third-order valence-corrected chi connectivity index (χ3v) is 4.89. The van der Waals surface area contributed by atoms with Crippen molar-refractivity contribution >= 4 is 5.91 Å². The minimum absolute atomic E-state index is 0.0290. The standard InChI is InChI=1S/C19H22FN3O/c1-3-12-9-15-14(16(20)10-12)6-7-17(15)23(2)18(19(21)24)13-5-4-8-22-11-13/h4-5,8-11,17-18H,3,6-7H2,1-2H3,(H2,21,24)/t17?,18-/m1/s1. The molecule has 0 saturated heterocycles. The number of aromatic nitrogens is 1. The SMILES string of the molecule is CCc1cc(F)c2c(c1)C(N(C)[C@@H](C(N)=O)c1cccnc1)CC2. The number of hydrogen-bond acceptors (Lipinski definition) is 3. The first kappa shape index (κ1) is 16.6. The van der Waals surface area contributed by atoms with Gasteiger partial charge in [0.1, 0.15) is 11.9 Å². The molecule has 5 heteroatoms. The predicted molar refractivity (Wildman–Crippen MR) is 90.8 cm³/mol. The summed E-state index contributed by atoms with van der Waals surface area (Å²) < 4.78 is 14.3. The zero-order valence-electron chi connectivity index (χ0n) is 14.0. The number of aryl methyl sites for hydroxylation is 1. The maximum absolute atomic E-state index is 14.3. The molecule has 1 unspecified atom stereocenters. The molecule has 4 nitrogen and oxygen atoms in total. The monoisotopic (exact) mass is 327 g/mol. The van der Waals surface area contributed by atoms with E-state index in [1.165, 1.54) is 0 Å². The molecule has 1 aromatic carbocycles. The van der Waals surface area contributed by atoms with Crippen molar-refractivity contribution in [3.63, 3.8) is 0 Å². The maximum atomic E-state index is 14.3. The smallest absolute Gasteiger partial charge is 0.239 e. The Morgan fingerprint density at radius 1 is 1.50 bits per heavy atom. The van der Waals surface area contributed by atoms with E-state index in [9.17, 15) is 9.18 Å². The first-order valence-electron chi connectivity index (χ1n) is 8.25. The highest BCUT2D eigenvalue weighted by atomic mass is 19.1. The number of primary amides is 1. The van der Waals surface area contributed by atoms with E-state index in [4.69, 9.17) is 5.73 Å². The van der Waals surface area contributed by atoms with Gasteiger partial charge in [-0.05, 0) is 60.7 Å². The molecule has 1 aromatic heterocycles. The van der Waals surface area contributed by atoms with Gasteiger partial charge in [0, 0.05) is 18.4 Å². The fourth-order valence-corrected chi connectivity index (χ4v) is 3.66. The number of rotatable bonds is 5. The molecule has 24 heavy (non-hydrogen) atoms. The van der Waals surface area contributed by atoms with Crippen molar-refractivity contribution in [2.75, 3.05) is 7.05 Å². The molecule has 0 fully saturated rings. The third kappa shape index (κ3) is 2.91. The van der Waals surface area contributed by atoms with Crippen LogP contribution in [0.1, 0.15) is 47.7 Å². The fourth-order valence-electron chi connectivity index (χ4n) is 3.66. The number of fused-ring (bicyclic) bond motifs is 1. The maximum Gasteiger partial charge on any atom is 0.239 e. The van der Waals surface area contributed by atoms with Crippen molar-refractivity contribution in [3.05, 3.63) is 64.7 Å². The van der Waals surface area contributed by atoms with Gasteiger partial charge in [-0.2, -0.15) is 0 Å². The lowest BCUT2D eigenvalue weighted by Crippen LogP contribution is -2.37. The van der Waals surface area contributed by atoms with E-state index in [1.54, 1.807) is 24.5 Å². The fraction of sp³-hybridized carbons (Fsp3) is 0.368. The average molecular weight is 327 g/mol. The highest BCUT2D eigenvalue weighted by Crippen LogP contribution is 2.40. The van der Waals surface area contributed by atoms with E-state index in [2.05, 4.69) is 11.1 Å². The van der Waals surface area contributed by atoms with Crippen LogP contribution >= 0.6 is 0 Å². The number of benzene rings is 1. The summed E-state index contributed by atoms with van der Waals surface area (Å²) in [6.45, 7) is 2.01. The molecular formula is C19H22FN3O. The zero-order chi connectivity index (χ0) is 17.3. The predicted octanol–water partition coefficient (Wildman–Crippen LogP) is 2.93. The summed E-state index contributed by atoms with van der Waals surface area (Å²) in [7, 11) is 1.87. The Morgan fingerprint density at radius 3 is 2.92 bits per heavy atom. The van der Waals surface area contributed by atoms with Crippen LogP contribution in [0.25, 0.3) is 0 Å². The average Bonchev–Trinajstić information content (AvgIpc) is 3.00. The molecule has 1 aliphatic carbocycles. The first-order valence-corrected chi connectivity index (χ1v) is 8.25. The molecule has 1 amide bonds. The van der Waals surface area contributed by atoms with E-state index in [0.717, 1.165) is 35.1 Å². The lowest BCUT2D eigenvalue weighted by molar-refractivity contribution is -0.123. The minimum atomic E-state index is -0.581. The van der Waals surface area contributed by atoms with Gasteiger partial charge >= 0.3 is 0 Å². The van der Waals surface area contributed by atoms with Gasteiger partial charge in [0.2, 0.25) is 5.91 Å². The molecular weight excluding hydrogens is 305 g/mol. The Morgan fingerprint density at radius 2 is 2.29 bits per heavy atom. The molecule has 0 saturated carbocycles. The Balaban J connectivity index is 1.98. The Bertz CT molecular complexity index is 748. The first-order chi connectivity index (χ1) is 11.5. The van der Waals surface area contributed by atoms with Gasteiger partial charge in [-0.1, -0.05) is 19.1 Å². The van der Waals surface area contributed by atoms with Crippen LogP contribution in [0.2, 0.25) is 0 Å². The topological polar surface area (TPSA) is 59.2 Å². The second-order valence-electron chi connectivity index (χ2n) is 6.31. The van der Waals surface area contributed by atoms with E-state index in [-0.39, 0.29) is 11.9 Å². The van der Waals surface area contributed by atoms with Crippen molar-refractivity contribution in [2.24, 2.45) is 5.73 Å². The van der Waals surface area contributed by atoms with Crippen LogP contribution in [0, 0.1) is 5.82 Å². The van der Waals surface area contributed by atoms with Gasteiger partial charge in [0.15, 0.2) is 0 Å². The Hall–Kier alpha value is -2.27. The Kier molecular flexibility index (Phi) is 4.62. The summed E-state index contributed by atoms with van der Waals surface area (Å²) in [6, 6.07) is 6.71. The third-order valence-electron chi connectivity index (χ3n) is 4.89. The second kappa shape index (κ2) is 6.69. The van der Waals surface area contributed by atoms with Crippen LogP contribution in [0.3, 0.4) is 0 Å². The lowest BCUT2D eigenvalue weighted by atomic mass is 9.99. The van der Waals surface area contributed by atoms with E-state index >= 15 is 0 Å². The number of halogens is 1. The van der Waals surface area contributed by atoms with Crippen LogP contribution < -0.4 is 5.73 Å². The summed E-state index contributed by atoms with van der Waals surface area (Å²) >= 11 is 0. The largest absolute Gasteiger partial charge is 0.368 e. The summed E-state index contributed by atoms with van der Waals surface area (Å²) in [5.41, 5.74) is 9.13. The molecule has 0 spiro atoms. The lowest BCUT2D eigenvalue weighted by Gasteiger charge is -2.32. The van der Waals surface area contributed by atoms with Crippen molar-refractivity contribution < 1.29 is 9.18 Å². The quantitative estimate of drug-likeness (QED) is 0.918. The molecule has 1 aliphatic rings. The number of likely N-dealkylation sites (N-methyl/N-ethyl adjacent to an activating group) is 1. The Labute approximate surface area is 141 Å². The number of nitrogens with two attached hydrogens (primary N) is 1. The normalized spacial score (nSPS) is 17.8. The van der Waals surface area contributed by atoms with Crippen molar-refractivity contribution in [3.8, 4) is 0 Å². The number of carbonyl (C=O) groups is 1.